The van der Waals surface area contributed by atoms with Crippen LogP contribution in [0, 0.1) is 0 Å². The summed E-state index contributed by atoms with van der Waals surface area (Å²) in [5, 5.41) is 11.8. The Balaban J connectivity index is 2.30. The van der Waals surface area contributed by atoms with Gasteiger partial charge in [0, 0.05) is 25.7 Å². The third kappa shape index (κ3) is 6.32. The quantitative estimate of drug-likeness (QED) is 0.625. The Labute approximate surface area is 133 Å². The molecule has 1 amide bonds. The van der Waals surface area contributed by atoms with Crippen molar-refractivity contribution in [1.82, 2.24) is 15.1 Å². The smallest absolute Gasteiger partial charge is 0.317 e. The zero-order chi connectivity index (χ0) is 16.5. The molecule has 0 saturated carbocycles. The lowest BCUT2D eigenvalue weighted by Gasteiger charge is -2.38. The third-order valence-electron chi connectivity index (χ3n) is 4.51. The molecule has 1 aliphatic heterocycles. The lowest BCUT2D eigenvalue weighted by atomic mass is 10.0. The number of aliphatic carboxylic acids is 1. The maximum absolute atomic E-state index is 12.1. The first-order chi connectivity index (χ1) is 10.5. The van der Waals surface area contributed by atoms with Crippen LogP contribution in [0.25, 0.3) is 0 Å². The molecule has 1 heterocycles. The third-order valence-corrected chi connectivity index (χ3v) is 4.51. The van der Waals surface area contributed by atoms with Crippen molar-refractivity contribution in [2.45, 2.75) is 58.0 Å². The number of likely N-dealkylation sites (N-methyl/N-ethyl adjacent to an activating group) is 1. The SMILES string of the molecule is CCCCCNC(=O)C(C)N1CCC(N(C)CC(=O)O)CC1. The van der Waals surface area contributed by atoms with Crippen molar-refractivity contribution in [1.29, 1.82) is 0 Å². The molecule has 0 radical (unpaired) electrons. The van der Waals surface area contributed by atoms with Gasteiger partial charge < -0.3 is 10.4 Å². The second-order valence-electron chi connectivity index (χ2n) is 6.25. The molecule has 1 rings (SSSR count). The van der Waals surface area contributed by atoms with Crippen molar-refractivity contribution < 1.29 is 14.7 Å². The molecule has 128 valence electrons. The fourth-order valence-corrected chi connectivity index (χ4v) is 2.96. The Morgan fingerprint density at radius 3 is 2.50 bits per heavy atom. The normalized spacial score (nSPS) is 18.4. The number of carboxylic acids is 1. The Bertz CT molecular complexity index is 355. The molecule has 0 bridgehead atoms. The van der Waals surface area contributed by atoms with Crippen LogP contribution in [0.2, 0.25) is 0 Å². The molecule has 0 aliphatic carbocycles. The van der Waals surface area contributed by atoms with Crippen molar-refractivity contribution in [2.75, 3.05) is 33.2 Å². The van der Waals surface area contributed by atoms with Crippen LogP contribution in [0.3, 0.4) is 0 Å². The molecule has 6 heteroatoms. The van der Waals surface area contributed by atoms with Gasteiger partial charge in [0.1, 0.15) is 0 Å². The summed E-state index contributed by atoms with van der Waals surface area (Å²) >= 11 is 0. The average molecular weight is 313 g/mol. The maximum Gasteiger partial charge on any atom is 0.317 e. The molecule has 1 aliphatic rings. The number of hydrogen-bond acceptors (Lipinski definition) is 4. The van der Waals surface area contributed by atoms with E-state index in [2.05, 4.69) is 17.1 Å². The van der Waals surface area contributed by atoms with Gasteiger partial charge in [-0.25, -0.2) is 0 Å². The number of nitrogens with zero attached hydrogens (tertiary/aromatic N) is 2. The van der Waals surface area contributed by atoms with Gasteiger partial charge in [-0.1, -0.05) is 19.8 Å². The Kier molecular flexibility index (Phi) is 8.42. The van der Waals surface area contributed by atoms with Crippen molar-refractivity contribution in [3.05, 3.63) is 0 Å². The van der Waals surface area contributed by atoms with E-state index in [1.165, 1.54) is 0 Å². The van der Waals surface area contributed by atoms with E-state index in [1.54, 1.807) is 0 Å². The number of carboxylic acid groups (broad SMARTS) is 1. The number of rotatable bonds is 9. The van der Waals surface area contributed by atoms with E-state index in [1.807, 2.05) is 18.9 Å². The van der Waals surface area contributed by atoms with Gasteiger partial charge in [-0.3, -0.25) is 19.4 Å². The van der Waals surface area contributed by atoms with E-state index in [0.29, 0.717) is 6.04 Å². The second-order valence-corrected chi connectivity index (χ2v) is 6.25. The highest BCUT2D eigenvalue weighted by Crippen LogP contribution is 2.17. The highest BCUT2D eigenvalue weighted by molar-refractivity contribution is 5.81. The summed E-state index contributed by atoms with van der Waals surface area (Å²) in [6.07, 6.45) is 5.17. The van der Waals surface area contributed by atoms with Gasteiger partial charge in [-0.2, -0.15) is 0 Å². The van der Waals surface area contributed by atoms with Crippen LogP contribution < -0.4 is 5.32 Å². The number of likely N-dealkylation sites (tertiary alicyclic amines) is 1. The minimum atomic E-state index is -0.787. The summed E-state index contributed by atoms with van der Waals surface area (Å²) in [6.45, 7) is 6.63. The molecule has 2 N–H and O–H groups in total. The van der Waals surface area contributed by atoms with Gasteiger partial charge >= 0.3 is 5.97 Å². The van der Waals surface area contributed by atoms with Gasteiger partial charge in [0.2, 0.25) is 5.91 Å². The number of amides is 1. The molecule has 1 unspecified atom stereocenters. The maximum atomic E-state index is 12.1. The number of carbonyl (C=O) groups is 2. The number of piperidine rings is 1. The van der Waals surface area contributed by atoms with E-state index in [9.17, 15) is 9.59 Å². The molecular weight excluding hydrogens is 282 g/mol. The number of hydrogen-bond donors (Lipinski definition) is 2. The monoisotopic (exact) mass is 313 g/mol. The fraction of sp³-hybridized carbons (Fsp3) is 0.875. The summed E-state index contributed by atoms with van der Waals surface area (Å²) in [7, 11) is 1.86. The molecule has 1 fully saturated rings. The molecule has 22 heavy (non-hydrogen) atoms. The van der Waals surface area contributed by atoms with Crippen molar-refractivity contribution >= 4 is 11.9 Å². The van der Waals surface area contributed by atoms with Crippen LogP contribution in [0.15, 0.2) is 0 Å². The first kappa shape index (κ1) is 18.9. The Hall–Kier alpha value is -1.14. The minimum absolute atomic E-state index is 0.0815. The summed E-state index contributed by atoms with van der Waals surface area (Å²) in [5.41, 5.74) is 0. The van der Waals surface area contributed by atoms with Gasteiger partial charge in [-0.15, -0.1) is 0 Å². The van der Waals surface area contributed by atoms with Gasteiger partial charge in [0.25, 0.3) is 0 Å². The first-order valence-electron chi connectivity index (χ1n) is 8.39. The van der Waals surface area contributed by atoms with E-state index < -0.39 is 5.97 Å². The lowest BCUT2D eigenvalue weighted by Crippen LogP contribution is -2.51. The highest BCUT2D eigenvalue weighted by atomic mass is 16.4. The highest BCUT2D eigenvalue weighted by Gasteiger charge is 2.28. The minimum Gasteiger partial charge on any atom is -0.480 e. The van der Waals surface area contributed by atoms with Crippen LogP contribution in [-0.4, -0.2) is 72.1 Å². The van der Waals surface area contributed by atoms with Crippen LogP contribution in [0.1, 0.15) is 46.0 Å². The Morgan fingerprint density at radius 1 is 1.32 bits per heavy atom. The average Bonchev–Trinajstić information content (AvgIpc) is 2.50. The predicted octanol–water partition coefficient (Wildman–Crippen LogP) is 1.16. The molecule has 0 spiro atoms. The largest absolute Gasteiger partial charge is 0.480 e. The molecule has 0 aromatic heterocycles. The van der Waals surface area contributed by atoms with Crippen molar-refractivity contribution in [3.63, 3.8) is 0 Å². The summed E-state index contributed by atoms with van der Waals surface area (Å²) < 4.78 is 0. The Morgan fingerprint density at radius 2 is 1.95 bits per heavy atom. The number of nitrogens with one attached hydrogen (secondary N) is 1. The fourth-order valence-electron chi connectivity index (χ4n) is 2.96. The summed E-state index contributed by atoms with van der Waals surface area (Å²) in [5.74, 6) is -0.682. The van der Waals surface area contributed by atoms with Crippen molar-refractivity contribution in [3.8, 4) is 0 Å². The van der Waals surface area contributed by atoms with E-state index in [0.717, 1.165) is 51.7 Å². The second kappa shape index (κ2) is 9.79. The zero-order valence-electron chi connectivity index (χ0n) is 14.2. The first-order valence-corrected chi connectivity index (χ1v) is 8.39. The van der Waals surface area contributed by atoms with Crippen molar-refractivity contribution in [2.24, 2.45) is 0 Å². The van der Waals surface area contributed by atoms with Gasteiger partial charge in [0.05, 0.1) is 12.6 Å². The lowest BCUT2D eigenvalue weighted by molar-refractivity contribution is -0.138. The van der Waals surface area contributed by atoms with Gasteiger partial charge in [-0.05, 0) is 33.2 Å². The van der Waals surface area contributed by atoms with Crippen LogP contribution in [0.4, 0.5) is 0 Å². The van der Waals surface area contributed by atoms with Crippen LogP contribution >= 0.6 is 0 Å². The number of unbranched alkanes of at least 4 members (excludes halogenated alkanes) is 2. The standard InChI is InChI=1S/C16H31N3O3/c1-4-5-6-9-17-16(22)13(2)19-10-7-14(8-11-19)18(3)12-15(20)21/h13-14H,4-12H2,1-3H3,(H,17,22)(H,20,21). The topological polar surface area (TPSA) is 72.9 Å². The summed E-state index contributed by atoms with van der Waals surface area (Å²) in [4.78, 5) is 27.0. The molecule has 6 nitrogen and oxygen atoms in total. The van der Waals surface area contributed by atoms with E-state index in [4.69, 9.17) is 5.11 Å². The molecule has 0 aromatic rings. The van der Waals surface area contributed by atoms with E-state index >= 15 is 0 Å². The van der Waals surface area contributed by atoms with E-state index in [-0.39, 0.29) is 18.5 Å². The van der Waals surface area contributed by atoms with Crippen LogP contribution in [0.5, 0.6) is 0 Å². The molecule has 0 aromatic carbocycles. The summed E-state index contributed by atoms with van der Waals surface area (Å²) in [6, 6.07) is 0.194. The van der Waals surface area contributed by atoms with Crippen LogP contribution in [-0.2, 0) is 9.59 Å². The molecule has 1 saturated heterocycles. The predicted molar refractivity (Wildman–Crippen MR) is 86.9 cm³/mol. The molecule has 1 atom stereocenters. The van der Waals surface area contributed by atoms with Gasteiger partial charge in [0.15, 0.2) is 0 Å². The zero-order valence-corrected chi connectivity index (χ0v) is 14.2. The molecular formula is C16H31N3O3. The number of carbonyl (C=O) groups excluding carboxylic acids is 1.